The molecule has 3 aromatic rings. The van der Waals surface area contributed by atoms with Crippen molar-refractivity contribution in [1.82, 2.24) is 19.4 Å². The molecule has 1 aromatic carbocycles. The van der Waals surface area contributed by atoms with Crippen molar-refractivity contribution in [2.45, 2.75) is 32.2 Å². The molecule has 2 aromatic heterocycles. The predicted molar refractivity (Wildman–Crippen MR) is 94.8 cm³/mol. The first-order chi connectivity index (χ1) is 11.2. The zero-order chi connectivity index (χ0) is 15.8. The molecule has 0 N–H and O–H groups in total. The van der Waals surface area contributed by atoms with Crippen LogP contribution in [0.4, 0.5) is 0 Å². The Labute approximate surface area is 140 Å². The number of hydrogen-bond donors (Lipinski definition) is 0. The first kappa shape index (κ1) is 14.8. The van der Waals surface area contributed by atoms with Crippen LogP contribution < -0.4 is 0 Å². The molecule has 4 nitrogen and oxygen atoms in total. The number of hydrogen-bond acceptors (Lipinski definition) is 4. The Hall–Kier alpha value is -1.72. The van der Waals surface area contributed by atoms with Crippen molar-refractivity contribution in [2.75, 3.05) is 13.1 Å². The number of benzene rings is 1. The highest BCUT2D eigenvalue weighted by atomic mass is 32.1. The van der Waals surface area contributed by atoms with E-state index in [9.17, 15) is 0 Å². The molecule has 5 heteroatoms. The third-order valence-corrected chi connectivity index (χ3v) is 5.63. The quantitative estimate of drug-likeness (QED) is 0.733. The van der Waals surface area contributed by atoms with Gasteiger partial charge in [-0.05, 0) is 38.4 Å². The van der Waals surface area contributed by atoms with E-state index in [-0.39, 0.29) is 0 Å². The van der Waals surface area contributed by atoms with E-state index in [2.05, 4.69) is 58.1 Å². The molecule has 23 heavy (non-hydrogen) atoms. The molecule has 1 aliphatic heterocycles. The average molecular weight is 326 g/mol. The second-order valence-electron chi connectivity index (χ2n) is 6.32. The van der Waals surface area contributed by atoms with Crippen LogP contribution >= 0.6 is 11.3 Å². The van der Waals surface area contributed by atoms with Crippen LogP contribution in [0.5, 0.6) is 0 Å². The van der Waals surface area contributed by atoms with Crippen LogP contribution in [-0.2, 0) is 13.5 Å². The maximum Gasteiger partial charge on any atom is 0.127 e. The van der Waals surface area contributed by atoms with Gasteiger partial charge in [-0.1, -0.05) is 12.1 Å². The summed E-state index contributed by atoms with van der Waals surface area (Å²) < 4.78 is 2.27. The van der Waals surface area contributed by atoms with Gasteiger partial charge in [0.05, 0.1) is 27.8 Å². The lowest BCUT2D eigenvalue weighted by Crippen LogP contribution is -2.27. The molecular formula is C18H22N4S. The van der Waals surface area contributed by atoms with Crippen molar-refractivity contribution in [3.05, 3.63) is 46.2 Å². The van der Waals surface area contributed by atoms with Gasteiger partial charge < -0.3 is 4.57 Å². The maximum absolute atomic E-state index is 4.91. The van der Waals surface area contributed by atoms with Crippen molar-refractivity contribution in [3.63, 3.8) is 0 Å². The summed E-state index contributed by atoms with van der Waals surface area (Å²) in [7, 11) is 2.14. The fourth-order valence-corrected chi connectivity index (χ4v) is 4.28. The highest BCUT2D eigenvalue weighted by Crippen LogP contribution is 2.32. The third kappa shape index (κ3) is 2.79. The lowest BCUT2D eigenvalue weighted by Gasteiger charge is -2.23. The van der Waals surface area contributed by atoms with E-state index < -0.39 is 0 Å². The van der Waals surface area contributed by atoms with Gasteiger partial charge in [-0.3, -0.25) is 4.90 Å². The number of likely N-dealkylation sites (tertiary alicyclic amines) is 1. The van der Waals surface area contributed by atoms with Crippen molar-refractivity contribution in [2.24, 2.45) is 7.05 Å². The van der Waals surface area contributed by atoms with E-state index in [1.165, 1.54) is 29.9 Å². The molecule has 120 valence electrons. The van der Waals surface area contributed by atoms with Crippen LogP contribution in [0.2, 0.25) is 0 Å². The Kier molecular flexibility index (Phi) is 3.91. The number of imidazole rings is 1. The highest BCUT2D eigenvalue weighted by Gasteiger charge is 2.29. The maximum atomic E-state index is 4.91. The molecule has 0 radical (unpaired) electrons. The third-order valence-electron chi connectivity index (χ3n) is 4.81. The van der Waals surface area contributed by atoms with Crippen molar-refractivity contribution in [1.29, 1.82) is 0 Å². The van der Waals surface area contributed by atoms with E-state index in [4.69, 9.17) is 4.98 Å². The minimum absolute atomic E-state index is 0.437. The fraction of sp³-hybridized carbons (Fsp3) is 0.444. The Morgan fingerprint density at radius 3 is 2.91 bits per heavy atom. The number of fused-ring (bicyclic) bond motifs is 1. The zero-order valence-corrected chi connectivity index (χ0v) is 14.5. The minimum atomic E-state index is 0.437. The van der Waals surface area contributed by atoms with Gasteiger partial charge in [0.1, 0.15) is 5.82 Å². The number of aryl methyl sites for hydroxylation is 2. The van der Waals surface area contributed by atoms with Crippen LogP contribution in [0.1, 0.15) is 35.4 Å². The topological polar surface area (TPSA) is 34.0 Å². The highest BCUT2D eigenvalue weighted by molar-refractivity contribution is 7.09. The summed E-state index contributed by atoms with van der Waals surface area (Å²) in [5, 5.41) is 3.35. The smallest absolute Gasteiger partial charge is 0.127 e. The summed E-state index contributed by atoms with van der Waals surface area (Å²) in [6.45, 7) is 4.31. The lowest BCUT2D eigenvalue weighted by molar-refractivity contribution is 0.248. The molecule has 1 saturated heterocycles. The van der Waals surface area contributed by atoms with E-state index in [1.54, 1.807) is 11.3 Å². The van der Waals surface area contributed by atoms with Gasteiger partial charge in [0.15, 0.2) is 0 Å². The van der Waals surface area contributed by atoms with Gasteiger partial charge in [0.2, 0.25) is 0 Å². The first-order valence-corrected chi connectivity index (χ1v) is 9.17. The van der Waals surface area contributed by atoms with Gasteiger partial charge in [0.25, 0.3) is 0 Å². The van der Waals surface area contributed by atoms with Crippen LogP contribution in [0, 0.1) is 6.92 Å². The number of thiazole rings is 1. The molecule has 3 heterocycles. The van der Waals surface area contributed by atoms with E-state index >= 15 is 0 Å². The number of para-hydroxylation sites is 2. The normalized spacial score (nSPS) is 19.0. The molecule has 0 aliphatic carbocycles. The summed E-state index contributed by atoms with van der Waals surface area (Å²) in [5.41, 5.74) is 3.56. The predicted octanol–water partition coefficient (Wildman–Crippen LogP) is 3.72. The molecule has 1 atom stereocenters. The monoisotopic (exact) mass is 326 g/mol. The van der Waals surface area contributed by atoms with Gasteiger partial charge >= 0.3 is 0 Å². The largest absolute Gasteiger partial charge is 0.330 e. The van der Waals surface area contributed by atoms with Crippen LogP contribution in [0.25, 0.3) is 11.0 Å². The van der Waals surface area contributed by atoms with E-state index in [1.807, 2.05) is 0 Å². The molecule has 1 aliphatic rings. The van der Waals surface area contributed by atoms with Crippen molar-refractivity contribution in [3.8, 4) is 0 Å². The molecule has 1 fully saturated rings. The number of rotatable bonds is 4. The SMILES string of the molecule is Cc1nc(CCN2CCCC2c2nc3ccccc3n2C)cs1. The zero-order valence-electron chi connectivity index (χ0n) is 13.7. The van der Waals surface area contributed by atoms with Crippen LogP contribution in [0.3, 0.4) is 0 Å². The van der Waals surface area contributed by atoms with Crippen LogP contribution in [0.15, 0.2) is 29.6 Å². The van der Waals surface area contributed by atoms with Gasteiger partial charge in [-0.15, -0.1) is 11.3 Å². The summed E-state index contributed by atoms with van der Waals surface area (Å²) in [4.78, 5) is 12.1. The molecule has 0 saturated carbocycles. The molecule has 0 bridgehead atoms. The Balaban J connectivity index is 1.55. The summed E-state index contributed by atoms with van der Waals surface area (Å²) in [6.07, 6.45) is 3.49. The molecule has 0 spiro atoms. The summed E-state index contributed by atoms with van der Waals surface area (Å²) in [6, 6.07) is 8.85. The second kappa shape index (κ2) is 6.06. The number of nitrogens with zero attached hydrogens (tertiary/aromatic N) is 4. The Morgan fingerprint density at radius 1 is 1.26 bits per heavy atom. The van der Waals surface area contributed by atoms with Gasteiger partial charge in [-0.25, -0.2) is 9.97 Å². The summed E-state index contributed by atoms with van der Waals surface area (Å²) in [5.74, 6) is 1.21. The Morgan fingerprint density at radius 2 is 2.13 bits per heavy atom. The minimum Gasteiger partial charge on any atom is -0.330 e. The van der Waals surface area contributed by atoms with E-state index in [0.717, 1.165) is 30.0 Å². The standard InChI is InChI=1S/C18H22N4S/c1-13-19-14(12-23-13)9-11-22-10-5-8-17(22)18-20-15-6-3-4-7-16(15)21(18)2/h3-4,6-7,12,17H,5,8-11H2,1-2H3. The average Bonchev–Trinajstić information content (AvgIpc) is 3.25. The molecule has 1 unspecified atom stereocenters. The van der Waals surface area contributed by atoms with Gasteiger partial charge in [0, 0.05) is 25.4 Å². The molecular weight excluding hydrogens is 304 g/mol. The fourth-order valence-electron chi connectivity index (χ4n) is 3.63. The van der Waals surface area contributed by atoms with Crippen molar-refractivity contribution >= 4 is 22.4 Å². The van der Waals surface area contributed by atoms with Gasteiger partial charge in [-0.2, -0.15) is 0 Å². The van der Waals surface area contributed by atoms with Crippen LogP contribution in [-0.4, -0.2) is 32.5 Å². The van der Waals surface area contributed by atoms with Crippen molar-refractivity contribution < 1.29 is 0 Å². The first-order valence-electron chi connectivity index (χ1n) is 8.29. The molecule has 0 amide bonds. The lowest BCUT2D eigenvalue weighted by atomic mass is 10.2. The molecule has 4 rings (SSSR count). The summed E-state index contributed by atoms with van der Waals surface area (Å²) >= 11 is 1.74. The number of aromatic nitrogens is 3. The van der Waals surface area contributed by atoms with E-state index in [0.29, 0.717) is 6.04 Å². The Bertz CT molecular complexity index is 819. The second-order valence-corrected chi connectivity index (χ2v) is 7.38.